The molecule has 0 aromatic heterocycles. The van der Waals surface area contributed by atoms with Crippen molar-refractivity contribution in [2.45, 2.75) is 49.3 Å². The summed E-state index contributed by atoms with van der Waals surface area (Å²) in [6.07, 6.45) is 2.01. The standard InChI is InChI=1S/C21H27NO2S2/c1-21(2,26-25-19-11-7-6-10-18(19)13-15-23)14-12-20(24)22-16-17-8-4-3-5-9-17/h3-11,23H,12-16H2,1-2H3,(H,22,24). The molecule has 0 saturated carbocycles. The van der Waals surface area contributed by atoms with E-state index in [-0.39, 0.29) is 17.3 Å². The number of hydrogen-bond donors (Lipinski definition) is 2. The first kappa shape index (κ1) is 20.9. The summed E-state index contributed by atoms with van der Waals surface area (Å²) in [6.45, 7) is 5.08. The molecule has 0 bridgehead atoms. The van der Waals surface area contributed by atoms with Crippen LogP contribution >= 0.6 is 21.6 Å². The third-order valence-electron chi connectivity index (χ3n) is 4.00. The lowest BCUT2D eigenvalue weighted by Crippen LogP contribution is -2.25. The molecule has 2 aromatic rings. The van der Waals surface area contributed by atoms with Crippen molar-refractivity contribution in [3.05, 3.63) is 65.7 Å². The number of carbonyl (C=O) groups excluding carboxylic acids is 1. The molecule has 140 valence electrons. The van der Waals surface area contributed by atoms with Crippen molar-refractivity contribution in [1.82, 2.24) is 5.32 Å². The van der Waals surface area contributed by atoms with Crippen LogP contribution in [0.4, 0.5) is 0 Å². The Balaban J connectivity index is 1.76. The van der Waals surface area contributed by atoms with Crippen LogP contribution in [0.3, 0.4) is 0 Å². The molecule has 0 atom stereocenters. The quantitative estimate of drug-likeness (QED) is 0.571. The number of nitrogens with one attached hydrogen (secondary N) is 1. The zero-order valence-corrected chi connectivity index (χ0v) is 17.0. The zero-order chi connectivity index (χ0) is 18.8. The first-order chi connectivity index (χ1) is 12.5. The summed E-state index contributed by atoms with van der Waals surface area (Å²) >= 11 is 0. The van der Waals surface area contributed by atoms with E-state index < -0.39 is 0 Å². The Morgan fingerprint density at radius 1 is 1.08 bits per heavy atom. The maximum absolute atomic E-state index is 12.1. The second-order valence-corrected chi connectivity index (χ2v) is 9.65. The van der Waals surface area contributed by atoms with Crippen LogP contribution in [0.2, 0.25) is 0 Å². The maximum atomic E-state index is 12.1. The molecule has 0 radical (unpaired) electrons. The lowest BCUT2D eigenvalue weighted by atomic mass is 10.1. The van der Waals surface area contributed by atoms with Crippen LogP contribution in [0.1, 0.15) is 37.8 Å². The molecule has 0 aliphatic heterocycles. The van der Waals surface area contributed by atoms with Crippen LogP contribution in [0.15, 0.2) is 59.5 Å². The molecule has 2 aromatic carbocycles. The van der Waals surface area contributed by atoms with Crippen molar-refractivity contribution in [2.24, 2.45) is 0 Å². The Kier molecular flexibility index (Phi) is 8.55. The number of rotatable bonds is 10. The molecule has 26 heavy (non-hydrogen) atoms. The van der Waals surface area contributed by atoms with Gasteiger partial charge in [-0.15, -0.1) is 0 Å². The number of benzene rings is 2. The molecule has 0 fully saturated rings. The Morgan fingerprint density at radius 2 is 1.77 bits per heavy atom. The lowest BCUT2D eigenvalue weighted by molar-refractivity contribution is -0.121. The number of carbonyl (C=O) groups is 1. The largest absolute Gasteiger partial charge is 0.396 e. The van der Waals surface area contributed by atoms with Crippen LogP contribution in [0.25, 0.3) is 0 Å². The zero-order valence-electron chi connectivity index (χ0n) is 15.4. The van der Waals surface area contributed by atoms with E-state index in [1.54, 1.807) is 21.6 Å². The van der Waals surface area contributed by atoms with Crippen LogP contribution in [-0.4, -0.2) is 22.4 Å². The molecular weight excluding hydrogens is 362 g/mol. The van der Waals surface area contributed by atoms with E-state index in [1.807, 2.05) is 42.5 Å². The number of aliphatic hydroxyl groups excluding tert-OH is 1. The number of aliphatic hydroxyl groups is 1. The highest BCUT2D eigenvalue weighted by atomic mass is 33.1. The van der Waals surface area contributed by atoms with Crippen LogP contribution in [0, 0.1) is 0 Å². The van der Waals surface area contributed by atoms with E-state index in [4.69, 9.17) is 0 Å². The van der Waals surface area contributed by atoms with Gasteiger partial charge in [0.25, 0.3) is 0 Å². The van der Waals surface area contributed by atoms with Gasteiger partial charge in [-0.1, -0.05) is 70.1 Å². The normalized spacial score (nSPS) is 11.3. The molecule has 5 heteroatoms. The Hall–Kier alpha value is -1.43. The molecule has 0 saturated heterocycles. The van der Waals surface area contributed by atoms with E-state index in [9.17, 15) is 9.90 Å². The molecule has 1 amide bonds. The lowest BCUT2D eigenvalue weighted by Gasteiger charge is -2.23. The third-order valence-corrected chi connectivity index (χ3v) is 7.46. The Labute approximate surface area is 164 Å². The van der Waals surface area contributed by atoms with Gasteiger partial charge in [0.15, 0.2) is 0 Å². The van der Waals surface area contributed by atoms with Crippen LogP contribution in [0.5, 0.6) is 0 Å². The third kappa shape index (κ3) is 7.44. The smallest absolute Gasteiger partial charge is 0.220 e. The summed E-state index contributed by atoms with van der Waals surface area (Å²) in [7, 11) is 3.51. The van der Waals surface area contributed by atoms with E-state index in [0.29, 0.717) is 19.4 Å². The van der Waals surface area contributed by atoms with Gasteiger partial charge in [0.05, 0.1) is 0 Å². The second-order valence-electron chi connectivity index (χ2n) is 6.77. The Morgan fingerprint density at radius 3 is 2.50 bits per heavy atom. The fourth-order valence-corrected chi connectivity index (χ4v) is 5.01. The van der Waals surface area contributed by atoms with Crippen molar-refractivity contribution in [1.29, 1.82) is 0 Å². The minimum absolute atomic E-state index is 0.0128. The molecule has 3 nitrogen and oxygen atoms in total. The highest BCUT2D eigenvalue weighted by Gasteiger charge is 2.21. The van der Waals surface area contributed by atoms with Crippen molar-refractivity contribution in [3.8, 4) is 0 Å². The predicted octanol–water partition coefficient (Wildman–Crippen LogP) is 4.84. The highest BCUT2D eigenvalue weighted by molar-refractivity contribution is 8.77. The van der Waals surface area contributed by atoms with Gasteiger partial charge in [-0.05, 0) is 43.9 Å². The van der Waals surface area contributed by atoms with Gasteiger partial charge in [0.2, 0.25) is 5.91 Å². The number of amides is 1. The predicted molar refractivity (Wildman–Crippen MR) is 112 cm³/mol. The average Bonchev–Trinajstić information content (AvgIpc) is 2.65. The summed E-state index contributed by atoms with van der Waals surface area (Å²) in [5.74, 6) is 0.0909. The average molecular weight is 390 g/mol. The molecule has 0 heterocycles. The van der Waals surface area contributed by atoms with Gasteiger partial charge in [-0.3, -0.25) is 4.79 Å². The van der Waals surface area contributed by atoms with E-state index in [0.717, 1.165) is 12.0 Å². The topological polar surface area (TPSA) is 49.3 Å². The molecule has 0 aliphatic rings. The van der Waals surface area contributed by atoms with E-state index >= 15 is 0 Å². The SMILES string of the molecule is CC(C)(CCC(=O)NCc1ccccc1)SSc1ccccc1CCO. The summed E-state index contributed by atoms with van der Waals surface area (Å²) in [4.78, 5) is 13.3. The van der Waals surface area contributed by atoms with E-state index in [1.165, 1.54) is 10.5 Å². The van der Waals surface area contributed by atoms with Gasteiger partial charge in [0, 0.05) is 29.2 Å². The number of hydrogen-bond acceptors (Lipinski definition) is 4. The van der Waals surface area contributed by atoms with Gasteiger partial charge in [-0.25, -0.2) is 0 Å². The molecule has 0 spiro atoms. The summed E-state index contributed by atoms with van der Waals surface area (Å²) in [6, 6.07) is 18.1. The molecule has 0 aliphatic carbocycles. The monoisotopic (exact) mass is 389 g/mol. The van der Waals surface area contributed by atoms with Crippen LogP contribution in [-0.2, 0) is 17.8 Å². The minimum atomic E-state index is -0.0128. The molecule has 2 rings (SSSR count). The summed E-state index contributed by atoms with van der Waals surface area (Å²) in [5.41, 5.74) is 2.29. The maximum Gasteiger partial charge on any atom is 0.220 e. The first-order valence-electron chi connectivity index (χ1n) is 8.85. The first-order valence-corrected chi connectivity index (χ1v) is 11.0. The van der Waals surface area contributed by atoms with E-state index in [2.05, 4.69) is 31.3 Å². The molecular formula is C21H27NO2S2. The molecule has 2 N–H and O–H groups in total. The fourth-order valence-electron chi connectivity index (χ4n) is 2.41. The molecule has 0 unspecified atom stereocenters. The van der Waals surface area contributed by atoms with Gasteiger partial charge in [0.1, 0.15) is 0 Å². The van der Waals surface area contributed by atoms with Crippen molar-refractivity contribution in [3.63, 3.8) is 0 Å². The minimum Gasteiger partial charge on any atom is -0.396 e. The Bertz CT molecular complexity index is 689. The van der Waals surface area contributed by atoms with Gasteiger partial charge in [-0.2, -0.15) is 0 Å². The second kappa shape index (κ2) is 10.7. The van der Waals surface area contributed by atoms with Gasteiger partial charge < -0.3 is 10.4 Å². The highest BCUT2D eigenvalue weighted by Crippen LogP contribution is 2.44. The summed E-state index contributed by atoms with van der Waals surface area (Å²) < 4.78 is -0.0128. The van der Waals surface area contributed by atoms with Crippen molar-refractivity contribution >= 4 is 27.5 Å². The van der Waals surface area contributed by atoms with Crippen molar-refractivity contribution < 1.29 is 9.90 Å². The van der Waals surface area contributed by atoms with Gasteiger partial charge >= 0.3 is 0 Å². The van der Waals surface area contributed by atoms with Crippen LogP contribution < -0.4 is 5.32 Å². The summed E-state index contributed by atoms with van der Waals surface area (Å²) in [5, 5.41) is 12.2. The van der Waals surface area contributed by atoms with Crippen molar-refractivity contribution in [2.75, 3.05) is 6.61 Å². The fraction of sp³-hybridized carbons (Fsp3) is 0.381.